The van der Waals surface area contributed by atoms with Crippen LogP contribution in [0.3, 0.4) is 0 Å². The second kappa shape index (κ2) is 11.7. The number of hydrogen-bond acceptors (Lipinski definition) is 8. The first kappa shape index (κ1) is 25.4. The number of nitro groups is 1. The summed E-state index contributed by atoms with van der Waals surface area (Å²) in [6.07, 6.45) is -1.26. The Morgan fingerprint density at radius 2 is 1.61 bits per heavy atom. The van der Waals surface area contributed by atoms with Crippen molar-refractivity contribution in [3.63, 3.8) is 0 Å². The monoisotopic (exact) mass is 464 g/mol. The summed E-state index contributed by atoms with van der Waals surface area (Å²) in [5, 5.41) is 13.2. The van der Waals surface area contributed by atoms with Crippen LogP contribution in [-0.2, 0) is 9.53 Å². The van der Waals surface area contributed by atoms with E-state index in [4.69, 9.17) is 18.9 Å². The summed E-state index contributed by atoms with van der Waals surface area (Å²) < 4.78 is 35.4. The average Bonchev–Trinajstić information content (AvgIpc) is 2.77. The van der Waals surface area contributed by atoms with Gasteiger partial charge < -0.3 is 24.3 Å². The van der Waals surface area contributed by atoms with Gasteiger partial charge in [0.15, 0.2) is 17.6 Å². The number of amides is 1. The van der Waals surface area contributed by atoms with Crippen molar-refractivity contribution in [1.82, 2.24) is 0 Å². The highest BCUT2D eigenvalue weighted by Gasteiger charge is 2.24. The molecule has 0 aromatic heterocycles. The van der Waals surface area contributed by atoms with Gasteiger partial charge in [-0.1, -0.05) is 0 Å². The topological polar surface area (TPSA) is 126 Å². The Kier molecular flexibility index (Phi) is 8.96. The van der Waals surface area contributed by atoms with E-state index in [-0.39, 0.29) is 22.7 Å². The van der Waals surface area contributed by atoms with Gasteiger partial charge in [-0.3, -0.25) is 14.9 Å². The molecule has 0 heterocycles. The molecule has 1 N–H and O–H groups in total. The van der Waals surface area contributed by atoms with E-state index in [1.54, 1.807) is 20.8 Å². The van der Waals surface area contributed by atoms with E-state index in [0.29, 0.717) is 25.6 Å². The highest BCUT2D eigenvalue weighted by molar-refractivity contribution is 5.98. The Morgan fingerprint density at radius 1 is 1.03 bits per heavy atom. The van der Waals surface area contributed by atoms with Crippen LogP contribution in [0, 0.1) is 15.9 Å². The van der Waals surface area contributed by atoms with Crippen LogP contribution >= 0.6 is 0 Å². The zero-order valence-corrected chi connectivity index (χ0v) is 18.7. The number of rotatable bonds is 11. The molecule has 0 radical (unpaired) electrons. The van der Waals surface area contributed by atoms with Crippen LogP contribution in [0.1, 0.15) is 38.1 Å². The fourth-order valence-electron chi connectivity index (χ4n) is 2.76. The highest BCUT2D eigenvalue weighted by atomic mass is 19.1. The number of nitrogens with zero attached hydrogens (tertiary/aromatic N) is 1. The summed E-state index contributed by atoms with van der Waals surface area (Å²) in [6.45, 7) is 7.64. The Bertz CT molecular complexity index is 1000. The molecule has 1 unspecified atom stereocenters. The van der Waals surface area contributed by atoms with Crippen LogP contribution in [0.25, 0.3) is 0 Å². The van der Waals surface area contributed by atoms with Gasteiger partial charge in [-0.15, -0.1) is 0 Å². The number of hydrogen-bond donors (Lipinski definition) is 1. The van der Waals surface area contributed by atoms with Gasteiger partial charge in [0.2, 0.25) is 11.6 Å². The first-order chi connectivity index (χ1) is 15.7. The Balaban J connectivity index is 2.20. The molecule has 0 saturated heterocycles. The van der Waals surface area contributed by atoms with Gasteiger partial charge in [0.05, 0.1) is 30.3 Å². The number of nitro benzene ring substituents is 1. The van der Waals surface area contributed by atoms with E-state index < -0.39 is 34.4 Å². The minimum Gasteiger partial charge on any atom is -0.490 e. The van der Waals surface area contributed by atoms with Crippen molar-refractivity contribution >= 4 is 23.3 Å². The molecule has 0 spiro atoms. The fraction of sp³-hybridized carbons (Fsp3) is 0.364. The normalized spacial score (nSPS) is 11.3. The fourth-order valence-corrected chi connectivity index (χ4v) is 2.76. The molecular formula is C22H25FN2O8. The molecular weight excluding hydrogens is 439 g/mol. The molecule has 0 aliphatic heterocycles. The maximum Gasteiger partial charge on any atom is 0.339 e. The molecule has 2 aromatic carbocycles. The molecule has 2 aromatic rings. The van der Waals surface area contributed by atoms with Gasteiger partial charge in [0.25, 0.3) is 5.91 Å². The molecule has 2 rings (SSSR count). The quantitative estimate of drug-likeness (QED) is 0.299. The van der Waals surface area contributed by atoms with Gasteiger partial charge in [-0.05, 0) is 52.0 Å². The zero-order valence-electron chi connectivity index (χ0n) is 18.7. The maximum absolute atomic E-state index is 13.5. The van der Waals surface area contributed by atoms with E-state index >= 15 is 0 Å². The van der Waals surface area contributed by atoms with Gasteiger partial charge in [0, 0.05) is 11.8 Å². The number of carbonyl (C=O) groups excluding carboxylic acids is 2. The third kappa shape index (κ3) is 6.55. The molecule has 0 saturated carbocycles. The van der Waals surface area contributed by atoms with Gasteiger partial charge in [0.1, 0.15) is 0 Å². The summed E-state index contributed by atoms with van der Waals surface area (Å²) in [5.41, 5.74) is -0.740. The molecule has 178 valence electrons. The van der Waals surface area contributed by atoms with Crippen molar-refractivity contribution < 1.29 is 37.9 Å². The number of halogens is 1. The largest absolute Gasteiger partial charge is 0.490 e. The molecule has 11 heteroatoms. The van der Waals surface area contributed by atoms with Crippen LogP contribution in [0.4, 0.5) is 15.8 Å². The van der Waals surface area contributed by atoms with Crippen molar-refractivity contribution in [2.45, 2.75) is 33.8 Å². The Hall–Kier alpha value is -3.89. The Labute approximate surface area is 189 Å². The van der Waals surface area contributed by atoms with Crippen LogP contribution in [0.15, 0.2) is 30.3 Å². The number of anilines is 1. The summed E-state index contributed by atoms with van der Waals surface area (Å²) in [7, 11) is 0. The molecule has 33 heavy (non-hydrogen) atoms. The highest BCUT2D eigenvalue weighted by Crippen LogP contribution is 2.39. The van der Waals surface area contributed by atoms with Crippen LogP contribution in [0.2, 0.25) is 0 Å². The van der Waals surface area contributed by atoms with Crippen molar-refractivity contribution in [1.29, 1.82) is 0 Å². The standard InChI is InChI=1S/C22H25FN2O8/c1-5-30-18-10-14(11-19(31-6-2)20(18)32-7-3)22(27)33-13(4)21(26)24-15-8-9-16(23)17(12-15)25(28)29/h8-13H,5-7H2,1-4H3,(H,24,26). The lowest BCUT2D eigenvalue weighted by molar-refractivity contribution is -0.387. The molecule has 0 aliphatic rings. The average molecular weight is 464 g/mol. The summed E-state index contributed by atoms with van der Waals surface area (Å²) in [6, 6.07) is 5.73. The first-order valence-corrected chi connectivity index (χ1v) is 10.2. The van der Waals surface area contributed by atoms with Crippen molar-refractivity contribution in [3.05, 3.63) is 51.8 Å². The van der Waals surface area contributed by atoms with Gasteiger partial charge in [-0.25, -0.2) is 4.79 Å². The second-order valence-electron chi connectivity index (χ2n) is 6.56. The van der Waals surface area contributed by atoms with Gasteiger partial charge >= 0.3 is 11.7 Å². The molecule has 0 fully saturated rings. The van der Waals surface area contributed by atoms with Crippen LogP contribution in [0.5, 0.6) is 17.2 Å². The lowest BCUT2D eigenvalue weighted by Crippen LogP contribution is -2.30. The predicted octanol–water partition coefficient (Wildman–Crippen LogP) is 4.11. The lowest BCUT2D eigenvalue weighted by atomic mass is 10.1. The summed E-state index contributed by atoms with van der Waals surface area (Å²) in [4.78, 5) is 35.0. The molecule has 1 amide bonds. The maximum atomic E-state index is 13.5. The summed E-state index contributed by atoms with van der Waals surface area (Å²) in [5.74, 6) is -1.71. The SMILES string of the molecule is CCOc1cc(C(=O)OC(C)C(=O)Nc2ccc(F)c([N+](=O)[O-])c2)cc(OCC)c1OCC. The van der Waals surface area contributed by atoms with Gasteiger partial charge in [-0.2, -0.15) is 4.39 Å². The van der Waals surface area contributed by atoms with E-state index in [1.165, 1.54) is 19.1 Å². The molecule has 10 nitrogen and oxygen atoms in total. The van der Waals surface area contributed by atoms with Crippen molar-refractivity contribution in [2.24, 2.45) is 0 Å². The minimum absolute atomic E-state index is 0.0191. The van der Waals surface area contributed by atoms with E-state index in [0.717, 1.165) is 18.2 Å². The number of ether oxygens (including phenoxy) is 4. The molecule has 0 bridgehead atoms. The van der Waals surface area contributed by atoms with Crippen LogP contribution < -0.4 is 19.5 Å². The zero-order chi connectivity index (χ0) is 24.5. The summed E-state index contributed by atoms with van der Waals surface area (Å²) >= 11 is 0. The van der Waals surface area contributed by atoms with Crippen molar-refractivity contribution in [2.75, 3.05) is 25.1 Å². The Morgan fingerprint density at radius 3 is 2.12 bits per heavy atom. The number of benzene rings is 2. The smallest absolute Gasteiger partial charge is 0.339 e. The lowest BCUT2D eigenvalue weighted by Gasteiger charge is -2.18. The second-order valence-corrected chi connectivity index (χ2v) is 6.56. The van der Waals surface area contributed by atoms with E-state index in [9.17, 15) is 24.1 Å². The number of esters is 1. The number of carbonyl (C=O) groups is 2. The van der Waals surface area contributed by atoms with E-state index in [2.05, 4.69) is 5.32 Å². The van der Waals surface area contributed by atoms with Crippen molar-refractivity contribution in [3.8, 4) is 17.2 Å². The predicted molar refractivity (Wildman–Crippen MR) is 117 cm³/mol. The number of nitrogens with one attached hydrogen (secondary N) is 1. The molecule has 1 atom stereocenters. The third-order valence-corrected chi connectivity index (χ3v) is 4.21. The first-order valence-electron chi connectivity index (χ1n) is 10.2. The minimum atomic E-state index is -1.26. The van der Waals surface area contributed by atoms with Crippen LogP contribution in [-0.4, -0.2) is 42.7 Å². The molecule has 0 aliphatic carbocycles. The third-order valence-electron chi connectivity index (χ3n) is 4.21. The van der Waals surface area contributed by atoms with E-state index in [1.807, 2.05) is 0 Å².